The molecule has 0 saturated carbocycles. The molecule has 6 heteroatoms. The average molecular weight is 253 g/mol. The second-order valence-electron chi connectivity index (χ2n) is 5.15. The van der Waals surface area contributed by atoms with Crippen LogP contribution in [0.3, 0.4) is 0 Å². The zero-order valence-corrected chi connectivity index (χ0v) is 11.1. The van der Waals surface area contributed by atoms with Gasteiger partial charge in [-0.05, 0) is 33.8 Å². The van der Waals surface area contributed by atoms with Gasteiger partial charge in [0.05, 0.1) is 0 Å². The summed E-state index contributed by atoms with van der Waals surface area (Å²) >= 11 is 0. The van der Waals surface area contributed by atoms with Crippen LogP contribution in [0.25, 0.3) is 0 Å². The van der Waals surface area contributed by atoms with Crippen LogP contribution in [0, 0.1) is 0 Å². The number of hydrogen-bond donors (Lipinski definition) is 1. The van der Waals surface area contributed by atoms with Crippen molar-refractivity contribution < 1.29 is 14.7 Å². The van der Waals surface area contributed by atoms with E-state index in [1.54, 1.807) is 25.4 Å². The maximum atomic E-state index is 12.3. The highest BCUT2D eigenvalue weighted by Gasteiger charge is 2.32. The Hall–Kier alpha value is -1.85. The van der Waals surface area contributed by atoms with E-state index < -0.39 is 17.6 Å². The normalized spacial score (nSPS) is 13.1. The number of hydrogen-bond acceptors (Lipinski definition) is 3. The Labute approximate surface area is 106 Å². The number of amides is 1. The number of aromatic nitrogens is 2. The molecule has 0 aliphatic heterocycles. The first-order valence-electron chi connectivity index (χ1n) is 5.76. The highest BCUT2D eigenvalue weighted by atomic mass is 16.4. The van der Waals surface area contributed by atoms with Gasteiger partial charge in [0.1, 0.15) is 12.6 Å². The molecule has 1 unspecified atom stereocenters. The van der Waals surface area contributed by atoms with Gasteiger partial charge < -0.3 is 10.0 Å². The number of carboxylic acids is 1. The molecule has 1 heterocycles. The van der Waals surface area contributed by atoms with Crippen LogP contribution in [-0.2, 0) is 9.59 Å². The van der Waals surface area contributed by atoms with Crippen LogP contribution < -0.4 is 0 Å². The maximum Gasteiger partial charge on any atom is 0.323 e. The molecule has 0 spiro atoms. The minimum Gasteiger partial charge on any atom is -0.480 e. The molecule has 0 bridgehead atoms. The third-order valence-electron chi connectivity index (χ3n) is 2.65. The van der Waals surface area contributed by atoms with Crippen LogP contribution in [0.2, 0.25) is 0 Å². The summed E-state index contributed by atoms with van der Waals surface area (Å²) < 4.78 is 1.52. The predicted octanol–water partition coefficient (Wildman–Crippen LogP) is 1.16. The Bertz CT molecular complexity index is 420. The quantitative estimate of drug-likeness (QED) is 0.873. The smallest absolute Gasteiger partial charge is 0.323 e. The topological polar surface area (TPSA) is 75.4 Å². The molecule has 1 amide bonds. The fourth-order valence-electron chi connectivity index (χ4n) is 1.63. The molecule has 0 aliphatic rings. The summed E-state index contributed by atoms with van der Waals surface area (Å²) in [6.45, 7) is 6.82. The summed E-state index contributed by atoms with van der Waals surface area (Å²) in [6.07, 6.45) is 3.27. The van der Waals surface area contributed by atoms with Gasteiger partial charge in [0.2, 0.25) is 5.91 Å². The van der Waals surface area contributed by atoms with Gasteiger partial charge in [-0.1, -0.05) is 0 Å². The molecule has 0 saturated heterocycles. The van der Waals surface area contributed by atoms with E-state index in [4.69, 9.17) is 5.11 Å². The second-order valence-corrected chi connectivity index (χ2v) is 5.15. The fourth-order valence-corrected chi connectivity index (χ4v) is 1.63. The largest absolute Gasteiger partial charge is 0.480 e. The highest BCUT2D eigenvalue weighted by molar-refractivity contribution is 5.84. The van der Waals surface area contributed by atoms with Crippen LogP contribution >= 0.6 is 0 Å². The van der Waals surface area contributed by atoms with Crippen LogP contribution in [0.15, 0.2) is 18.5 Å². The maximum absolute atomic E-state index is 12.3. The van der Waals surface area contributed by atoms with Crippen molar-refractivity contribution in [1.29, 1.82) is 0 Å². The Kier molecular flexibility index (Phi) is 4.11. The van der Waals surface area contributed by atoms with E-state index >= 15 is 0 Å². The molecular formula is C12H19N3O3. The SMILES string of the molecule is CC(C(=O)N(CC(=O)O)C(C)(C)C)n1cccn1. The van der Waals surface area contributed by atoms with E-state index in [2.05, 4.69) is 5.10 Å². The molecule has 6 nitrogen and oxygen atoms in total. The summed E-state index contributed by atoms with van der Waals surface area (Å²) in [5.41, 5.74) is -0.545. The van der Waals surface area contributed by atoms with Crippen LogP contribution in [0.4, 0.5) is 0 Å². The molecule has 100 valence electrons. The number of carbonyl (C=O) groups is 2. The number of carboxylic acid groups (broad SMARTS) is 1. The summed E-state index contributed by atoms with van der Waals surface area (Å²) in [4.78, 5) is 24.5. The third-order valence-corrected chi connectivity index (χ3v) is 2.65. The summed E-state index contributed by atoms with van der Waals surface area (Å²) in [7, 11) is 0. The summed E-state index contributed by atoms with van der Waals surface area (Å²) in [5.74, 6) is -1.28. The van der Waals surface area contributed by atoms with Crippen molar-refractivity contribution in [3.8, 4) is 0 Å². The fraction of sp³-hybridized carbons (Fsp3) is 0.583. The molecule has 1 atom stereocenters. The van der Waals surface area contributed by atoms with Crippen molar-refractivity contribution in [3.63, 3.8) is 0 Å². The van der Waals surface area contributed by atoms with Crippen LogP contribution in [-0.4, -0.2) is 43.7 Å². The van der Waals surface area contributed by atoms with Crippen molar-refractivity contribution in [2.75, 3.05) is 6.54 Å². The lowest BCUT2D eigenvalue weighted by molar-refractivity contribution is -0.150. The Balaban J connectivity index is 2.92. The lowest BCUT2D eigenvalue weighted by Crippen LogP contribution is -2.50. The van der Waals surface area contributed by atoms with Gasteiger partial charge in [0.15, 0.2) is 0 Å². The van der Waals surface area contributed by atoms with Crippen LogP contribution in [0.5, 0.6) is 0 Å². The molecular weight excluding hydrogens is 234 g/mol. The van der Waals surface area contributed by atoms with Gasteiger partial charge >= 0.3 is 5.97 Å². The highest BCUT2D eigenvalue weighted by Crippen LogP contribution is 2.18. The zero-order chi connectivity index (χ0) is 13.9. The van der Waals surface area contributed by atoms with Gasteiger partial charge in [0, 0.05) is 17.9 Å². The van der Waals surface area contributed by atoms with Gasteiger partial charge in [0.25, 0.3) is 0 Å². The van der Waals surface area contributed by atoms with Crippen molar-refractivity contribution in [2.24, 2.45) is 0 Å². The second kappa shape index (κ2) is 5.20. The number of aliphatic carboxylic acids is 1. The molecule has 0 radical (unpaired) electrons. The minimum atomic E-state index is -1.02. The van der Waals surface area contributed by atoms with E-state index in [0.29, 0.717) is 0 Å². The Morgan fingerprint density at radius 2 is 2.06 bits per heavy atom. The van der Waals surface area contributed by atoms with Crippen molar-refractivity contribution in [2.45, 2.75) is 39.3 Å². The summed E-state index contributed by atoms with van der Waals surface area (Å²) in [6, 6.07) is 1.21. The lowest BCUT2D eigenvalue weighted by Gasteiger charge is -2.36. The average Bonchev–Trinajstić information content (AvgIpc) is 2.75. The standard InChI is InChI=1S/C12H19N3O3/c1-9(15-7-5-6-13-15)11(18)14(8-10(16)17)12(2,3)4/h5-7,9H,8H2,1-4H3,(H,16,17). The molecule has 18 heavy (non-hydrogen) atoms. The summed E-state index contributed by atoms with van der Waals surface area (Å²) in [5, 5.41) is 12.9. The van der Waals surface area contributed by atoms with E-state index in [1.807, 2.05) is 20.8 Å². The molecule has 1 rings (SSSR count). The molecule has 1 aromatic heterocycles. The first-order valence-corrected chi connectivity index (χ1v) is 5.76. The van der Waals surface area contributed by atoms with Crippen LogP contribution in [0.1, 0.15) is 33.7 Å². The number of nitrogens with zero attached hydrogens (tertiary/aromatic N) is 3. The first kappa shape index (κ1) is 14.2. The molecule has 0 aromatic carbocycles. The van der Waals surface area contributed by atoms with Gasteiger partial charge in [-0.25, -0.2) is 0 Å². The van der Waals surface area contributed by atoms with Crippen molar-refractivity contribution in [3.05, 3.63) is 18.5 Å². The van der Waals surface area contributed by atoms with E-state index in [-0.39, 0.29) is 12.5 Å². The minimum absolute atomic E-state index is 0.256. The predicted molar refractivity (Wildman–Crippen MR) is 66.0 cm³/mol. The number of rotatable bonds is 4. The van der Waals surface area contributed by atoms with E-state index in [1.165, 1.54) is 9.58 Å². The Morgan fingerprint density at radius 3 is 2.44 bits per heavy atom. The monoisotopic (exact) mass is 253 g/mol. The lowest BCUT2D eigenvalue weighted by atomic mass is 10.0. The molecule has 0 fully saturated rings. The van der Waals surface area contributed by atoms with Gasteiger partial charge in [-0.2, -0.15) is 5.10 Å². The van der Waals surface area contributed by atoms with Gasteiger partial charge in [-0.15, -0.1) is 0 Å². The molecule has 1 N–H and O–H groups in total. The molecule has 1 aromatic rings. The van der Waals surface area contributed by atoms with Gasteiger partial charge in [-0.3, -0.25) is 14.3 Å². The van der Waals surface area contributed by atoms with E-state index in [9.17, 15) is 9.59 Å². The Morgan fingerprint density at radius 1 is 1.44 bits per heavy atom. The number of carbonyl (C=O) groups excluding carboxylic acids is 1. The molecule has 0 aliphatic carbocycles. The van der Waals surface area contributed by atoms with E-state index in [0.717, 1.165) is 0 Å². The third kappa shape index (κ3) is 3.32. The van der Waals surface area contributed by atoms with Crippen molar-refractivity contribution in [1.82, 2.24) is 14.7 Å². The van der Waals surface area contributed by atoms with Crippen molar-refractivity contribution >= 4 is 11.9 Å². The first-order chi connectivity index (χ1) is 8.23. The zero-order valence-electron chi connectivity index (χ0n) is 11.1.